The zero-order valence-corrected chi connectivity index (χ0v) is 21.4. The van der Waals surface area contributed by atoms with E-state index in [0.717, 1.165) is 38.7 Å². The maximum atomic E-state index is 13.8. The molecule has 7 heteroatoms. The van der Waals surface area contributed by atoms with E-state index in [-0.39, 0.29) is 11.3 Å². The van der Waals surface area contributed by atoms with Gasteiger partial charge in [-0.1, -0.05) is 66.8 Å². The molecule has 6 nitrogen and oxygen atoms in total. The van der Waals surface area contributed by atoms with Gasteiger partial charge in [0, 0.05) is 5.39 Å². The number of aliphatic hydroxyl groups is 1. The number of carbonyl (C=O) groups excluding carboxylic acids is 2. The van der Waals surface area contributed by atoms with Gasteiger partial charge in [0.25, 0.3) is 5.91 Å². The lowest BCUT2D eigenvalue weighted by Gasteiger charge is -2.24. The molecule has 1 N–H and O–H groups in total. The lowest BCUT2D eigenvalue weighted by Crippen LogP contribution is -2.31. The number of Topliss-reactive ketones (excluding diaryl/α,β-unsaturated/α-hetero) is 1. The number of anilines is 1. The number of amides is 1. The van der Waals surface area contributed by atoms with Crippen LogP contribution < -0.4 is 4.90 Å². The highest BCUT2D eigenvalue weighted by molar-refractivity contribution is 7.22. The lowest BCUT2D eigenvalue weighted by molar-refractivity contribution is -0.117. The van der Waals surface area contributed by atoms with E-state index in [1.807, 2.05) is 68.4 Å². The van der Waals surface area contributed by atoms with E-state index in [1.165, 1.54) is 16.2 Å². The Morgan fingerprint density at radius 1 is 1.08 bits per heavy atom. The van der Waals surface area contributed by atoms with Gasteiger partial charge >= 0.3 is 0 Å². The van der Waals surface area contributed by atoms with Crippen LogP contribution in [0, 0.1) is 13.8 Å². The topological polar surface area (TPSA) is 83.6 Å². The Labute approximate surface area is 217 Å². The number of aliphatic hydroxyl groups excluding tert-OH is 1. The highest BCUT2D eigenvalue weighted by Crippen LogP contribution is 2.45. The lowest BCUT2D eigenvalue weighted by atomic mass is 9.94. The molecule has 0 saturated heterocycles. The van der Waals surface area contributed by atoms with Crippen molar-refractivity contribution in [2.24, 2.45) is 0 Å². The SMILES string of the molecule is CCc1ccc(C2C(C(=O)c3cc4ccccc4o3)=C(O)C(=O)N2c2nc3c(C)cc(C)cc3s2)cc1. The maximum Gasteiger partial charge on any atom is 0.296 e. The third-order valence-electron chi connectivity index (χ3n) is 6.83. The Morgan fingerprint density at radius 2 is 1.84 bits per heavy atom. The molecule has 3 heterocycles. The van der Waals surface area contributed by atoms with Crippen molar-refractivity contribution in [3.63, 3.8) is 0 Å². The Balaban J connectivity index is 1.52. The molecule has 1 unspecified atom stereocenters. The minimum atomic E-state index is -0.846. The summed E-state index contributed by atoms with van der Waals surface area (Å²) < 4.78 is 6.77. The van der Waals surface area contributed by atoms with E-state index >= 15 is 0 Å². The smallest absolute Gasteiger partial charge is 0.296 e. The predicted molar refractivity (Wildman–Crippen MR) is 145 cm³/mol. The quantitative estimate of drug-likeness (QED) is 0.258. The number of hydrogen-bond donors (Lipinski definition) is 1. The van der Waals surface area contributed by atoms with Crippen LogP contribution in [0.15, 0.2) is 82.5 Å². The van der Waals surface area contributed by atoms with Crippen LogP contribution in [-0.2, 0) is 11.2 Å². The number of rotatable bonds is 5. The normalized spacial score (nSPS) is 15.9. The molecule has 184 valence electrons. The molecular formula is C30H24N2O4S. The van der Waals surface area contributed by atoms with Crippen LogP contribution in [0.2, 0.25) is 0 Å². The van der Waals surface area contributed by atoms with Crippen molar-refractivity contribution >= 4 is 49.3 Å². The Kier molecular flexibility index (Phi) is 5.46. The number of fused-ring (bicyclic) bond motifs is 2. The maximum absolute atomic E-state index is 13.8. The Hall–Kier alpha value is -4.23. The summed E-state index contributed by atoms with van der Waals surface area (Å²) in [6.45, 7) is 6.06. The molecule has 0 radical (unpaired) electrons. The zero-order valence-electron chi connectivity index (χ0n) is 20.6. The minimum absolute atomic E-state index is 0.0135. The van der Waals surface area contributed by atoms with Crippen molar-refractivity contribution < 1.29 is 19.1 Å². The number of aromatic nitrogens is 1. The molecule has 0 fully saturated rings. The molecule has 1 atom stereocenters. The van der Waals surface area contributed by atoms with Crippen molar-refractivity contribution in [3.8, 4) is 0 Å². The zero-order chi connectivity index (χ0) is 25.8. The molecule has 5 aromatic rings. The van der Waals surface area contributed by atoms with Crippen LogP contribution in [0.1, 0.15) is 45.8 Å². The summed E-state index contributed by atoms with van der Waals surface area (Å²) in [5.74, 6) is -1.69. The third kappa shape index (κ3) is 3.74. The molecule has 37 heavy (non-hydrogen) atoms. The first-order valence-corrected chi connectivity index (χ1v) is 12.9. The first kappa shape index (κ1) is 23.2. The van der Waals surface area contributed by atoms with Gasteiger partial charge in [-0.2, -0.15) is 0 Å². The monoisotopic (exact) mass is 508 g/mol. The van der Waals surface area contributed by atoms with Crippen LogP contribution in [-0.4, -0.2) is 21.8 Å². The number of carbonyl (C=O) groups is 2. The second-order valence-corrected chi connectivity index (χ2v) is 10.3. The first-order chi connectivity index (χ1) is 17.9. The fourth-order valence-electron chi connectivity index (χ4n) is 4.97. The van der Waals surface area contributed by atoms with E-state index in [1.54, 1.807) is 12.1 Å². The molecule has 1 aliphatic heterocycles. The predicted octanol–water partition coefficient (Wildman–Crippen LogP) is 7.00. The molecule has 0 saturated carbocycles. The van der Waals surface area contributed by atoms with Crippen molar-refractivity contribution in [3.05, 3.63) is 106 Å². The van der Waals surface area contributed by atoms with E-state index in [9.17, 15) is 14.7 Å². The van der Waals surface area contributed by atoms with Gasteiger partial charge in [-0.3, -0.25) is 14.5 Å². The third-order valence-corrected chi connectivity index (χ3v) is 7.83. The van der Waals surface area contributed by atoms with E-state index in [0.29, 0.717) is 16.3 Å². The van der Waals surface area contributed by atoms with Gasteiger partial charge in [-0.05, 0) is 60.7 Å². The molecule has 2 aromatic heterocycles. The van der Waals surface area contributed by atoms with Gasteiger partial charge in [-0.25, -0.2) is 4.98 Å². The molecular weight excluding hydrogens is 484 g/mol. The minimum Gasteiger partial charge on any atom is -0.503 e. The van der Waals surface area contributed by atoms with Crippen molar-refractivity contribution in [2.45, 2.75) is 33.2 Å². The summed E-state index contributed by atoms with van der Waals surface area (Å²) in [5.41, 5.74) is 5.29. The van der Waals surface area contributed by atoms with E-state index in [2.05, 4.69) is 6.92 Å². The molecule has 0 spiro atoms. The summed E-state index contributed by atoms with van der Waals surface area (Å²) in [6.07, 6.45) is 0.857. The second kappa shape index (κ2) is 8.71. The Morgan fingerprint density at radius 3 is 2.57 bits per heavy atom. The van der Waals surface area contributed by atoms with Gasteiger partial charge < -0.3 is 9.52 Å². The largest absolute Gasteiger partial charge is 0.503 e. The van der Waals surface area contributed by atoms with Gasteiger partial charge in [0.05, 0.1) is 21.8 Å². The molecule has 3 aromatic carbocycles. The summed E-state index contributed by atoms with van der Waals surface area (Å²) in [5, 5.41) is 12.3. The number of para-hydroxylation sites is 1. The summed E-state index contributed by atoms with van der Waals surface area (Å²) in [7, 11) is 0. The second-order valence-electron chi connectivity index (χ2n) is 9.34. The fraction of sp³-hybridized carbons (Fsp3) is 0.167. The number of aryl methyl sites for hydroxylation is 3. The highest BCUT2D eigenvalue weighted by atomic mass is 32.1. The van der Waals surface area contributed by atoms with E-state index in [4.69, 9.17) is 9.40 Å². The summed E-state index contributed by atoms with van der Waals surface area (Å²) >= 11 is 1.37. The molecule has 1 amide bonds. The number of thiazole rings is 1. The fourth-order valence-corrected chi connectivity index (χ4v) is 6.14. The van der Waals surface area contributed by atoms with Gasteiger partial charge in [-0.15, -0.1) is 0 Å². The van der Waals surface area contributed by atoms with Crippen LogP contribution >= 0.6 is 11.3 Å². The summed E-state index contributed by atoms with van der Waals surface area (Å²) in [6, 6.07) is 19.9. The van der Waals surface area contributed by atoms with Gasteiger partial charge in [0.1, 0.15) is 5.58 Å². The van der Waals surface area contributed by atoms with Crippen LogP contribution in [0.4, 0.5) is 5.13 Å². The average molecular weight is 509 g/mol. The van der Waals surface area contributed by atoms with Crippen LogP contribution in [0.3, 0.4) is 0 Å². The van der Waals surface area contributed by atoms with Crippen molar-refractivity contribution in [2.75, 3.05) is 4.90 Å². The molecule has 1 aliphatic rings. The van der Waals surface area contributed by atoms with Crippen LogP contribution in [0.5, 0.6) is 0 Å². The first-order valence-electron chi connectivity index (χ1n) is 12.1. The van der Waals surface area contributed by atoms with Crippen molar-refractivity contribution in [1.82, 2.24) is 4.98 Å². The number of nitrogens with zero attached hydrogens (tertiary/aromatic N) is 2. The number of furan rings is 1. The van der Waals surface area contributed by atoms with Crippen molar-refractivity contribution in [1.29, 1.82) is 0 Å². The van der Waals surface area contributed by atoms with E-state index < -0.39 is 23.5 Å². The Bertz CT molecular complexity index is 1710. The molecule has 0 bridgehead atoms. The molecule has 6 rings (SSSR count). The number of ketones is 1. The highest BCUT2D eigenvalue weighted by Gasteiger charge is 2.46. The van der Waals surface area contributed by atoms with Gasteiger partial charge in [0.2, 0.25) is 5.78 Å². The van der Waals surface area contributed by atoms with Crippen LogP contribution in [0.25, 0.3) is 21.2 Å². The standard InChI is InChI=1S/C30H24N2O4S/c1-4-18-9-11-19(12-10-18)26-24(27(33)22-15-20-7-5-6-8-21(20)36-22)28(34)29(35)32(26)30-31-25-17(3)13-16(2)14-23(25)37-30/h5-15,26,34H,4H2,1-3H3. The average Bonchev–Trinajstić information content (AvgIpc) is 3.58. The number of hydrogen-bond acceptors (Lipinski definition) is 6. The number of benzene rings is 3. The summed E-state index contributed by atoms with van der Waals surface area (Å²) in [4.78, 5) is 33.6. The molecule has 0 aliphatic carbocycles. The van der Waals surface area contributed by atoms with Gasteiger partial charge in [0.15, 0.2) is 16.7 Å².